The number of non-ortho nitro benzene ring substituents is 1. The standard InChI is InChI=1S/C30H39N5O6/c1-30(2,3)41-29(37)31-14-13-22-21-32-27-12-11-25(20-26(22)27)40-19-5-4-6-28(36)34-17-15-33(16-18-34)23-7-9-24(10-8-23)35(38)39/h7-12,20-21,32H,4-6,13-19H2,1-3H3,(H,31,37). The number of amides is 2. The summed E-state index contributed by atoms with van der Waals surface area (Å²) >= 11 is 0. The maximum atomic E-state index is 12.7. The van der Waals surface area contributed by atoms with E-state index in [1.54, 1.807) is 12.1 Å². The molecule has 4 rings (SSSR count). The van der Waals surface area contributed by atoms with Crippen molar-refractivity contribution in [1.29, 1.82) is 0 Å². The first kappa shape index (κ1) is 29.7. The number of ether oxygens (including phenoxy) is 2. The first-order valence-electron chi connectivity index (χ1n) is 14.1. The third-order valence-corrected chi connectivity index (χ3v) is 6.91. The lowest BCUT2D eigenvalue weighted by Gasteiger charge is -2.36. The van der Waals surface area contributed by atoms with Crippen molar-refractivity contribution in [3.63, 3.8) is 0 Å². The van der Waals surface area contributed by atoms with Gasteiger partial charge in [0.05, 0.1) is 11.5 Å². The van der Waals surface area contributed by atoms with Gasteiger partial charge in [-0.1, -0.05) is 0 Å². The Morgan fingerprint density at radius 2 is 1.78 bits per heavy atom. The predicted molar refractivity (Wildman–Crippen MR) is 157 cm³/mol. The fourth-order valence-electron chi connectivity index (χ4n) is 4.79. The van der Waals surface area contributed by atoms with E-state index in [1.165, 1.54) is 12.1 Å². The molecule has 0 saturated carbocycles. The highest BCUT2D eigenvalue weighted by Gasteiger charge is 2.21. The van der Waals surface area contributed by atoms with E-state index in [4.69, 9.17) is 9.47 Å². The number of nitrogens with zero attached hydrogens (tertiary/aromatic N) is 3. The molecule has 2 heterocycles. The van der Waals surface area contributed by atoms with Crippen molar-refractivity contribution in [1.82, 2.24) is 15.2 Å². The molecule has 1 aliphatic rings. The molecule has 11 heteroatoms. The topological polar surface area (TPSA) is 130 Å². The minimum Gasteiger partial charge on any atom is -0.494 e. The lowest BCUT2D eigenvalue weighted by molar-refractivity contribution is -0.384. The van der Waals surface area contributed by atoms with Crippen molar-refractivity contribution < 1.29 is 24.0 Å². The second kappa shape index (κ2) is 13.4. The minimum absolute atomic E-state index is 0.0750. The van der Waals surface area contributed by atoms with Crippen LogP contribution in [0.15, 0.2) is 48.7 Å². The van der Waals surface area contributed by atoms with Crippen LogP contribution in [0.3, 0.4) is 0 Å². The first-order chi connectivity index (χ1) is 19.6. The van der Waals surface area contributed by atoms with Gasteiger partial charge < -0.3 is 29.6 Å². The Morgan fingerprint density at radius 1 is 1.05 bits per heavy atom. The number of aromatic nitrogens is 1. The van der Waals surface area contributed by atoms with E-state index in [9.17, 15) is 19.7 Å². The van der Waals surface area contributed by atoms with Crippen LogP contribution >= 0.6 is 0 Å². The number of aromatic amines is 1. The van der Waals surface area contributed by atoms with Gasteiger partial charge in [-0.15, -0.1) is 0 Å². The second-order valence-electron chi connectivity index (χ2n) is 11.1. The van der Waals surface area contributed by atoms with Crippen molar-refractivity contribution in [3.8, 4) is 5.75 Å². The molecule has 1 aliphatic heterocycles. The zero-order valence-corrected chi connectivity index (χ0v) is 24.0. The number of nitro benzene ring substituents is 1. The summed E-state index contributed by atoms with van der Waals surface area (Å²) < 4.78 is 11.3. The molecule has 3 aromatic rings. The zero-order chi connectivity index (χ0) is 29.4. The van der Waals surface area contributed by atoms with E-state index in [0.717, 1.165) is 40.7 Å². The molecule has 0 bridgehead atoms. The molecular formula is C30H39N5O6. The highest BCUT2D eigenvalue weighted by Crippen LogP contribution is 2.25. The smallest absolute Gasteiger partial charge is 0.407 e. The van der Waals surface area contributed by atoms with Crippen LogP contribution in [0.5, 0.6) is 5.75 Å². The average Bonchev–Trinajstić information content (AvgIpc) is 3.34. The fraction of sp³-hybridized carbons (Fsp3) is 0.467. The maximum absolute atomic E-state index is 12.7. The molecule has 0 spiro atoms. The summed E-state index contributed by atoms with van der Waals surface area (Å²) in [4.78, 5) is 42.3. The van der Waals surface area contributed by atoms with Crippen LogP contribution < -0.4 is 15.0 Å². The van der Waals surface area contributed by atoms with Gasteiger partial charge in [0, 0.05) is 74.1 Å². The number of anilines is 1. The number of unbranched alkanes of at least 4 members (excludes halogenated alkanes) is 1. The van der Waals surface area contributed by atoms with Crippen molar-refractivity contribution >= 4 is 34.3 Å². The fourth-order valence-corrected chi connectivity index (χ4v) is 4.79. The van der Waals surface area contributed by atoms with Gasteiger partial charge in [-0.05, 0) is 75.9 Å². The van der Waals surface area contributed by atoms with Crippen molar-refractivity contribution in [3.05, 3.63) is 64.3 Å². The summed E-state index contributed by atoms with van der Waals surface area (Å²) in [6, 6.07) is 12.5. The number of hydrogen-bond acceptors (Lipinski definition) is 7. The summed E-state index contributed by atoms with van der Waals surface area (Å²) in [5.41, 5.74) is 2.57. The first-order valence-corrected chi connectivity index (χ1v) is 14.1. The lowest BCUT2D eigenvalue weighted by Crippen LogP contribution is -2.48. The number of nitro groups is 1. The summed E-state index contributed by atoms with van der Waals surface area (Å²) in [6.07, 6.45) is 4.17. The van der Waals surface area contributed by atoms with E-state index in [0.29, 0.717) is 52.2 Å². The number of nitrogens with one attached hydrogen (secondary N) is 2. The molecule has 0 unspecified atom stereocenters. The third kappa shape index (κ3) is 8.60. The van der Waals surface area contributed by atoms with Crippen LogP contribution in [-0.2, 0) is 16.0 Å². The molecule has 1 fully saturated rings. The number of hydrogen-bond donors (Lipinski definition) is 2. The summed E-state index contributed by atoms with van der Waals surface area (Å²) in [5, 5.41) is 14.7. The minimum atomic E-state index is -0.529. The van der Waals surface area contributed by atoms with Gasteiger partial charge in [0.15, 0.2) is 0 Å². The van der Waals surface area contributed by atoms with Crippen LogP contribution in [0.25, 0.3) is 10.9 Å². The average molecular weight is 566 g/mol. The van der Waals surface area contributed by atoms with Gasteiger partial charge >= 0.3 is 6.09 Å². The van der Waals surface area contributed by atoms with Crippen LogP contribution in [0.2, 0.25) is 0 Å². The Labute approximate surface area is 239 Å². The van der Waals surface area contributed by atoms with E-state index < -0.39 is 16.6 Å². The predicted octanol–water partition coefficient (Wildman–Crippen LogP) is 5.04. The number of alkyl carbamates (subject to hydrolysis) is 1. The normalized spacial score (nSPS) is 13.7. The third-order valence-electron chi connectivity index (χ3n) is 6.91. The van der Waals surface area contributed by atoms with Gasteiger partial charge in [0.2, 0.25) is 5.91 Å². The quantitative estimate of drug-likeness (QED) is 0.189. The van der Waals surface area contributed by atoms with Crippen LogP contribution in [0, 0.1) is 10.1 Å². The monoisotopic (exact) mass is 565 g/mol. The Bertz CT molecular complexity index is 1340. The second-order valence-corrected chi connectivity index (χ2v) is 11.1. The Balaban J connectivity index is 1.15. The van der Waals surface area contributed by atoms with Crippen molar-refractivity contribution in [2.24, 2.45) is 0 Å². The maximum Gasteiger partial charge on any atom is 0.407 e. The van der Waals surface area contributed by atoms with Gasteiger partial charge in [-0.25, -0.2) is 4.79 Å². The number of piperazine rings is 1. The van der Waals surface area contributed by atoms with E-state index in [2.05, 4.69) is 15.2 Å². The highest BCUT2D eigenvalue weighted by molar-refractivity contribution is 5.84. The Hall–Kier alpha value is -4.28. The lowest BCUT2D eigenvalue weighted by atomic mass is 10.1. The molecule has 1 aromatic heterocycles. The Kier molecular flexibility index (Phi) is 9.69. The molecule has 2 amide bonds. The molecule has 0 radical (unpaired) electrons. The van der Waals surface area contributed by atoms with E-state index >= 15 is 0 Å². The zero-order valence-electron chi connectivity index (χ0n) is 24.0. The van der Waals surface area contributed by atoms with Crippen molar-refractivity contribution in [2.75, 3.05) is 44.2 Å². The van der Waals surface area contributed by atoms with Crippen LogP contribution in [-0.4, -0.2) is 71.7 Å². The molecule has 0 atom stereocenters. The van der Waals surface area contributed by atoms with Crippen LogP contribution in [0.4, 0.5) is 16.2 Å². The van der Waals surface area contributed by atoms with Gasteiger partial charge in [-0.2, -0.15) is 0 Å². The highest BCUT2D eigenvalue weighted by atomic mass is 16.6. The molecule has 1 saturated heterocycles. The molecular weight excluding hydrogens is 526 g/mol. The number of fused-ring (bicyclic) bond motifs is 1. The summed E-state index contributed by atoms with van der Waals surface area (Å²) in [7, 11) is 0. The SMILES string of the molecule is CC(C)(C)OC(=O)NCCc1c[nH]c2ccc(OCCCCC(=O)N3CCN(c4ccc([N+](=O)[O-])cc4)CC3)cc12. The van der Waals surface area contributed by atoms with Gasteiger partial charge in [-0.3, -0.25) is 14.9 Å². The number of carbonyl (C=O) groups excluding carboxylic acids is 2. The van der Waals surface area contributed by atoms with Gasteiger partial charge in [0.25, 0.3) is 5.69 Å². The van der Waals surface area contributed by atoms with Gasteiger partial charge in [0.1, 0.15) is 11.4 Å². The molecule has 11 nitrogen and oxygen atoms in total. The molecule has 220 valence electrons. The molecule has 0 aliphatic carbocycles. The van der Waals surface area contributed by atoms with Crippen molar-refractivity contribution in [2.45, 2.75) is 52.1 Å². The Morgan fingerprint density at radius 3 is 2.46 bits per heavy atom. The number of benzene rings is 2. The summed E-state index contributed by atoms with van der Waals surface area (Å²) in [5.74, 6) is 0.916. The largest absolute Gasteiger partial charge is 0.494 e. The van der Waals surface area contributed by atoms with E-state index in [1.807, 2.05) is 50.1 Å². The van der Waals surface area contributed by atoms with E-state index in [-0.39, 0.29) is 11.6 Å². The van der Waals surface area contributed by atoms with Crippen LogP contribution in [0.1, 0.15) is 45.6 Å². The molecule has 41 heavy (non-hydrogen) atoms. The number of H-pyrrole nitrogens is 1. The number of rotatable bonds is 11. The molecule has 2 aromatic carbocycles. The molecule has 2 N–H and O–H groups in total. The number of carbonyl (C=O) groups is 2. The summed E-state index contributed by atoms with van der Waals surface area (Å²) in [6.45, 7) is 9.17.